The van der Waals surface area contributed by atoms with Gasteiger partial charge in [0.2, 0.25) is 0 Å². The average molecular weight is 466 g/mol. The van der Waals surface area contributed by atoms with Crippen LogP contribution in [0.5, 0.6) is 0 Å². The summed E-state index contributed by atoms with van der Waals surface area (Å²) >= 11 is 12.0. The number of pyridine rings is 1. The topological polar surface area (TPSA) is 71.2 Å². The van der Waals surface area contributed by atoms with E-state index < -0.39 is 0 Å². The number of amides is 1. The number of rotatable bonds is 3. The first-order valence-electron chi connectivity index (χ1n) is 8.50. The van der Waals surface area contributed by atoms with Gasteiger partial charge in [-0.15, -0.1) is 24.8 Å². The van der Waals surface area contributed by atoms with Crippen LogP contribution in [0.15, 0.2) is 36.5 Å². The summed E-state index contributed by atoms with van der Waals surface area (Å²) < 4.78 is 0. The number of aromatic nitrogens is 1. The van der Waals surface area contributed by atoms with E-state index in [1.165, 1.54) is 0 Å². The van der Waals surface area contributed by atoms with Gasteiger partial charge in [0.05, 0.1) is 15.6 Å². The normalized spacial score (nSPS) is 17.9. The summed E-state index contributed by atoms with van der Waals surface area (Å²) in [5.41, 5.74) is 7.30. The maximum Gasteiger partial charge on any atom is 0.257 e. The zero-order valence-electron chi connectivity index (χ0n) is 15.6. The maximum atomic E-state index is 13.1. The zero-order valence-corrected chi connectivity index (χ0v) is 18.8. The van der Waals surface area contributed by atoms with Crippen molar-refractivity contribution in [2.45, 2.75) is 26.3 Å². The molecule has 3 N–H and O–H groups in total. The zero-order chi connectivity index (χ0) is 18.9. The number of carbonyl (C=O) groups is 1. The van der Waals surface area contributed by atoms with Crippen molar-refractivity contribution < 1.29 is 4.79 Å². The molecule has 0 saturated carbocycles. The van der Waals surface area contributed by atoms with Crippen molar-refractivity contribution in [3.8, 4) is 0 Å². The summed E-state index contributed by atoms with van der Waals surface area (Å²) in [5.74, 6) is 0.434. The number of nitrogens with one attached hydrogen (secondary N) is 1. The maximum absolute atomic E-state index is 13.1. The van der Waals surface area contributed by atoms with E-state index in [0.29, 0.717) is 40.2 Å². The summed E-state index contributed by atoms with van der Waals surface area (Å²) in [6.45, 7) is 5.45. The van der Waals surface area contributed by atoms with E-state index in [4.69, 9.17) is 28.9 Å². The molecule has 2 heterocycles. The second-order valence-electron chi connectivity index (χ2n) is 7.26. The molecule has 1 amide bonds. The van der Waals surface area contributed by atoms with E-state index in [9.17, 15) is 4.79 Å². The molecule has 5 nitrogen and oxygen atoms in total. The predicted molar refractivity (Wildman–Crippen MR) is 121 cm³/mol. The number of likely N-dealkylation sites (tertiary alicyclic amines) is 1. The minimum Gasteiger partial charge on any atom is -0.340 e. The van der Waals surface area contributed by atoms with Gasteiger partial charge in [-0.25, -0.2) is 4.98 Å². The van der Waals surface area contributed by atoms with Crippen molar-refractivity contribution in [3.05, 3.63) is 52.1 Å². The first-order chi connectivity index (χ1) is 12.3. The Balaban J connectivity index is 0.00000196. The molecule has 1 aliphatic heterocycles. The largest absolute Gasteiger partial charge is 0.340 e. The monoisotopic (exact) mass is 464 g/mol. The van der Waals surface area contributed by atoms with Crippen molar-refractivity contribution in [3.63, 3.8) is 0 Å². The number of nitrogens with zero attached hydrogens (tertiary/aromatic N) is 2. The standard InChI is InChI=1S/C19H22Cl2N4O.2ClH/c1-19(2)11-25(9-7-16(19)22)18(26)13-4-3-8-23-17(13)24-12-5-6-14(20)15(21)10-12;;/h3-6,8,10,16H,7,9,11,22H2,1-2H3,(H,23,24);2*1H. The average Bonchev–Trinajstić information content (AvgIpc) is 2.60. The summed E-state index contributed by atoms with van der Waals surface area (Å²) in [6, 6.07) is 8.82. The van der Waals surface area contributed by atoms with Crippen molar-refractivity contribution in [1.29, 1.82) is 0 Å². The third-order valence-electron chi connectivity index (χ3n) is 4.82. The van der Waals surface area contributed by atoms with Crippen LogP contribution in [0.2, 0.25) is 10.0 Å². The van der Waals surface area contributed by atoms with Crippen molar-refractivity contribution >= 4 is 65.4 Å². The summed E-state index contributed by atoms with van der Waals surface area (Å²) in [5, 5.41) is 4.07. The van der Waals surface area contributed by atoms with Gasteiger partial charge in [0.1, 0.15) is 5.82 Å². The Morgan fingerprint density at radius 3 is 2.61 bits per heavy atom. The lowest BCUT2D eigenvalue weighted by molar-refractivity contribution is 0.0533. The van der Waals surface area contributed by atoms with Crippen LogP contribution in [-0.2, 0) is 0 Å². The highest BCUT2D eigenvalue weighted by molar-refractivity contribution is 6.42. The Hall–Kier alpha value is -1.24. The molecule has 0 bridgehead atoms. The Kier molecular flexibility index (Phi) is 8.85. The predicted octanol–water partition coefficient (Wildman–Crippen LogP) is 5.18. The van der Waals surface area contributed by atoms with E-state index >= 15 is 0 Å². The van der Waals surface area contributed by atoms with Gasteiger partial charge in [0, 0.05) is 31.0 Å². The van der Waals surface area contributed by atoms with Gasteiger partial charge in [0.15, 0.2) is 0 Å². The fourth-order valence-electron chi connectivity index (χ4n) is 3.11. The van der Waals surface area contributed by atoms with Crippen LogP contribution in [0.4, 0.5) is 11.5 Å². The number of halogens is 4. The van der Waals surface area contributed by atoms with Crippen LogP contribution in [0.1, 0.15) is 30.6 Å². The lowest BCUT2D eigenvalue weighted by atomic mass is 9.79. The summed E-state index contributed by atoms with van der Waals surface area (Å²) in [4.78, 5) is 19.3. The third-order valence-corrected chi connectivity index (χ3v) is 5.56. The fraction of sp³-hybridized carbons (Fsp3) is 0.368. The first-order valence-corrected chi connectivity index (χ1v) is 9.25. The number of benzene rings is 1. The highest BCUT2D eigenvalue weighted by Crippen LogP contribution is 2.31. The molecule has 1 aromatic heterocycles. The molecule has 154 valence electrons. The smallest absolute Gasteiger partial charge is 0.257 e. The summed E-state index contributed by atoms with van der Waals surface area (Å²) in [6.07, 6.45) is 2.43. The number of carbonyl (C=O) groups excluding carboxylic acids is 1. The van der Waals surface area contributed by atoms with Crippen LogP contribution in [0, 0.1) is 5.41 Å². The Morgan fingerprint density at radius 1 is 1.25 bits per heavy atom. The quantitative estimate of drug-likeness (QED) is 0.655. The molecule has 0 spiro atoms. The number of hydrogen-bond acceptors (Lipinski definition) is 4. The van der Waals surface area contributed by atoms with Gasteiger partial charge < -0.3 is 16.0 Å². The van der Waals surface area contributed by atoms with E-state index in [1.807, 2.05) is 4.90 Å². The second kappa shape index (κ2) is 9.99. The molecule has 3 rings (SSSR count). The second-order valence-corrected chi connectivity index (χ2v) is 8.08. The molecule has 1 fully saturated rings. The lowest BCUT2D eigenvalue weighted by Gasteiger charge is -2.42. The molecule has 1 aromatic carbocycles. The van der Waals surface area contributed by atoms with Crippen molar-refractivity contribution in [1.82, 2.24) is 9.88 Å². The molecule has 28 heavy (non-hydrogen) atoms. The van der Waals surface area contributed by atoms with Crippen LogP contribution >= 0.6 is 48.0 Å². The molecule has 2 aromatic rings. The van der Waals surface area contributed by atoms with Crippen molar-refractivity contribution in [2.75, 3.05) is 18.4 Å². The molecule has 1 atom stereocenters. The molecule has 1 unspecified atom stereocenters. The molecule has 0 radical (unpaired) electrons. The van der Waals surface area contributed by atoms with Crippen LogP contribution in [0.3, 0.4) is 0 Å². The van der Waals surface area contributed by atoms with Crippen LogP contribution in [0.25, 0.3) is 0 Å². The number of nitrogens with two attached hydrogens (primary N) is 1. The van der Waals surface area contributed by atoms with Gasteiger partial charge in [-0.2, -0.15) is 0 Å². The van der Waals surface area contributed by atoms with Gasteiger partial charge in [0.25, 0.3) is 5.91 Å². The molecule has 1 saturated heterocycles. The van der Waals surface area contributed by atoms with E-state index in [2.05, 4.69) is 24.1 Å². The van der Waals surface area contributed by atoms with Crippen LogP contribution < -0.4 is 11.1 Å². The van der Waals surface area contributed by atoms with Gasteiger partial charge in [-0.3, -0.25) is 4.79 Å². The van der Waals surface area contributed by atoms with E-state index in [1.54, 1.807) is 36.5 Å². The minimum absolute atomic E-state index is 0. The molecule has 0 aliphatic carbocycles. The molecular weight excluding hydrogens is 442 g/mol. The minimum atomic E-state index is -0.118. The van der Waals surface area contributed by atoms with Gasteiger partial charge in [-0.1, -0.05) is 37.0 Å². The SMILES string of the molecule is CC1(C)CN(C(=O)c2cccnc2Nc2ccc(Cl)c(Cl)c2)CCC1N.Cl.Cl. The van der Waals surface area contributed by atoms with Gasteiger partial charge >= 0.3 is 0 Å². The summed E-state index contributed by atoms with van der Waals surface area (Å²) in [7, 11) is 0. The molecule has 1 aliphatic rings. The molecular formula is C19H24Cl4N4O. The highest BCUT2D eigenvalue weighted by atomic mass is 35.5. The van der Waals surface area contributed by atoms with E-state index in [0.717, 1.165) is 6.42 Å². The van der Waals surface area contributed by atoms with Gasteiger partial charge in [-0.05, 0) is 42.2 Å². The lowest BCUT2D eigenvalue weighted by Crippen LogP contribution is -2.54. The fourth-order valence-corrected chi connectivity index (χ4v) is 3.40. The third kappa shape index (κ3) is 5.43. The molecule has 9 heteroatoms. The first kappa shape index (κ1) is 24.8. The van der Waals surface area contributed by atoms with Crippen molar-refractivity contribution in [2.24, 2.45) is 11.1 Å². The number of anilines is 2. The number of piperidine rings is 1. The number of hydrogen-bond donors (Lipinski definition) is 2. The Morgan fingerprint density at radius 2 is 1.96 bits per heavy atom. The van der Waals surface area contributed by atoms with Crippen LogP contribution in [-0.4, -0.2) is 34.9 Å². The Bertz CT molecular complexity index is 831. The van der Waals surface area contributed by atoms with E-state index in [-0.39, 0.29) is 42.2 Å². The highest BCUT2D eigenvalue weighted by Gasteiger charge is 2.36. The Labute approximate surface area is 187 Å².